The Morgan fingerprint density at radius 2 is 1.80 bits per heavy atom. The Hall–Kier alpha value is -3.22. The lowest BCUT2D eigenvalue weighted by Gasteiger charge is -2.06. The van der Waals surface area contributed by atoms with Gasteiger partial charge in [-0.25, -0.2) is 4.39 Å². The van der Waals surface area contributed by atoms with Gasteiger partial charge < -0.3 is 0 Å². The van der Waals surface area contributed by atoms with Crippen molar-refractivity contribution in [3.63, 3.8) is 0 Å². The molecule has 0 saturated carbocycles. The second-order valence-electron chi connectivity index (χ2n) is 5.51. The molecule has 126 valence electrons. The summed E-state index contributed by atoms with van der Waals surface area (Å²) in [7, 11) is 0. The number of amides is 1. The number of hydrogen-bond donors (Lipinski definition) is 1. The molecule has 0 unspecified atom stereocenters. The Balaban J connectivity index is 1.97. The smallest absolute Gasteiger partial charge is 0.281 e. The number of nitrogens with one attached hydrogen (secondary N) is 1. The number of aromatic amines is 1. The number of pyridine rings is 1. The molecule has 1 aromatic carbocycles. The summed E-state index contributed by atoms with van der Waals surface area (Å²) in [5, 5.41) is 9.77. The monoisotopic (exact) mass is 338 g/mol. The molecule has 0 aliphatic rings. The van der Waals surface area contributed by atoms with Crippen molar-refractivity contribution in [2.24, 2.45) is 5.18 Å². The molecule has 1 amide bonds. The number of halogens is 1. The van der Waals surface area contributed by atoms with Crippen LogP contribution in [0.3, 0.4) is 0 Å². The van der Waals surface area contributed by atoms with Crippen LogP contribution in [0.25, 0.3) is 22.4 Å². The van der Waals surface area contributed by atoms with E-state index in [-0.39, 0.29) is 12.2 Å². The fraction of sp³-hybridized carbons (Fsp3) is 0.167. The molecule has 0 radical (unpaired) electrons. The second-order valence-corrected chi connectivity index (χ2v) is 5.51. The van der Waals surface area contributed by atoms with Gasteiger partial charge in [0.15, 0.2) is 0 Å². The number of aromatic nitrogens is 3. The van der Waals surface area contributed by atoms with Gasteiger partial charge in [0.2, 0.25) is 0 Å². The summed E-state index contributed by atoms with van der Waals surface area (Å²) in [4.78, 5) is 25.3. The van der Waals surface area contributed by atoms with Crippen molar-refractivity contribution < 1.29 is 9.18 Å². The lowest BCUT2D eigenvalue weighted by atomic mass is 9.97. The summed E-state index contributed by atoms with van der Waals surface area (Å²) in [6, 6.07) is 9.82. The Bertz CT molecular complexity index is 876. The summed E-state index contributed by atoms with van der Waals surface area (Å²) in [5.74, 6) is -0.978. The van der Waals surface area contributed by atoms with Crippen LogP contribution in [0.15, 0.2) is 54.0 Å². The van der Waals surface area contributed by atoms with Crippen molar-refractivity contribution in [2.75, 3.05) is 0 Å². The molecule has 0 atom stereocenters. The van der Waals surface area contributed by atoms with Gasteiger partial charge in [0.05, 0.1) is 0 Å². The van der Waals surface area contributed by atoms with Crippen molar-refractivity contribution in [3.05, 3.63) is 65.2 Å². The van der Waals surface area contributed by atoms with E-state index in [4.69, 9.17) is 0 Å². The maximum Gasteiger partial charge on any atom is 0.286 e. The van der Waals surface area contributed by atoms with Gasteiger partial charge >= 0.3 is 0 Å². The maximum atomic E-state index is 13.2. The number of aryl methyl sites for hydroxylation is 1. The molecule has 3 aromatic rings. The van der Waals surface area contributed by atoms with Crippen LogP contribution in [-0.2, 0) is 11.2 Å². The molecule has 0 saturated heterocycles. The van der Waals surface area contributed by atoms with E-state index in [2.05, 4.69) is 20.4 Å². The zero-order valence-corrected chi connectivity index (χ0v) is 13.3. The molecule has 0 aliphatic carbocycles. The summed E-state index contributed by atoms with van der Waals surface area (Å²) in [5.41, 5.74) is 4.10. The SMILES string of the molecule is O=NC(=O)CCCc1[nH]nc(-c2ccc(F)cc2)c1-c1ccncc1. The van der Waals surface area contributed by atoms with E-state index in [1.807, 2.05) is 12.1 Å². The van der Waals surface area contributed by atoms with Crippen molar-refractivity contribution in [3.8, 4) is 22.4 Å². The highest BCUT2D eigenvalue weighted by atomic mass is 19.1. The molecule has 2 heterocycles. The van der Waals surface area contributed by atoms with Crippen LogP contribution in [0, 0.1) is 10.7 Å². The predicted molar refractivity (Wildman–Crippen MR) is 91.0 cm³/mol. The molecule has 6 nitrogen and oxygen atoms in total. The van der Waals surface area contributed by atoms with E-state index in [0.29, 0.717) is 18.5 Å². The van der Waals surface area contributed by atoms with Gasteiger partial charge in [-0.15, -0.1) is 4.91 Å². The molecule has 0 aliphatic heterocycles. The van der Waals surface area contributed by atoms with E-state index in [1.165, 1.54) is 12.1 Å². The van der Waals surface area contributed by atoms with Gasteiger partial charge in [-0.1, -0.05) is 0 Å². The molecular formula is C18H15FN4O2. The fourth-order valence-corrected chi connectivity index (χ4v) is 2.67. The fourth-order valence-electron chi connectivity index (χ4n) is 2.67. The summed E-state index contributed by atoms with van der Waals surface area (Å²) in [6.07, 6.45) is 4.46. The van der Waals surface area contributed by atoms with Crippen molar-refractivity contribution >= 4 is 5.91 Å². The number of H-pyrrole nitrogens is 1. The number of nitroso groups, excluding NO2 is 1. The Kier molecular flexibility index (Phi) is 5.03. The van der Waals surface area contributed by atoms with E-state index in [0.717, 1.165) is 22.4 Å². The average Bonchev–Trinajstić information content (AvgIpc) is 3.06. The second kappa shape index (κ2) is 7.57. The number of rotatable bonds is 6. The van der Waals surface area contributed by atoms with Crippen LogP contribution in [0.5, 0.6) is 0 Å². The van der Waals surface area contributed by atoms with Crippen LogP contribution < -0.4 is 0 Å². The van der Waals surface area contributed by atoms with E-state index < -0.39 is 5.91 Å². The molecule has 1 N–H and O–H groups in total. The quantitative estimate of drug-likeness (QED) is 0.691. The lowest BCUT2D eigenvalue weighted by molar-refractivity contribution is -0.118. The molecule has 0 fully saturated rings. The lowest BCUT2D eigenvalue weighted by Crippen LogP contribution is -1.95. The summed E-state index contributed by atoms with van der Waals surface area (Å²) in [6.45, 7) is 0. The van der Waals surface area contributed by atoms with Gasteiger partial charge in [0, 0.05) is 40.8 Å². The Labute approximate surface area is 143 Å². The molecule has 3 rings (SSSR count). The summed E-state index contributed by atoms with van der Waals surface area (Å²) < 4.78 is 13.2. The zero-order chi connectivity index (χ0) is 17.6. The predicted octanol–water partition coefficient (Wildman–Crippen LogP) is 3.89. The van der Waals surface area contributed by atoms with Gasteiger partial charge in [0.1, 0.15) is 11.5 Å². The largest absolute Gasteiger partial charge is 0.286 e. The summed E-state index contributed by atoms with van der Waals surface area (Å²) >= 11 is 0. The molecule has 0 spiro atoms. The van der Waals surface area contributed by atoms with Crippen molar-refractivity contribution in [1.82, 2.24) is 15.2 Å². The first kappa shape index (κ1) is 16.6. The maximum absolute atomic E-state index is 13.2. The van der Waals surface area contributed by atoms with E-state index >= 15 is 0 Å². The average molecular weight is 338 g/mol. The Morgan fingerprint density at radius 3 is 2.48 bits per heavy atom. The normalized spacial score (nSPS) is 10.6. The molecule has 2 aromatic heterocycles. The van der Waals surface area contributed by atoms with E-state index in [1.54, 1.807) is 24.5 Å². The Morgan fingerprint density at radius 1 is 1.08 bits per heavy atom. The number of benzene rings is 1. The van der Waals surface area contributed by atoms with Crippen molar-refractivity contribution in [1.29, 1.82) is 0 Å². The number of hydrogen-bond acceptors (Lipinski definition) is 4. The third kappa shape index (κ3) is 3.82. The third-order valence-corrected chi connectivity index (χ3v) is 3.85. The zero-order valence-electron chi connectivity index (χ0n) is 13.3. The first-order valence-electron chi connectivity index (χ1n) is 7.79. The molecule has 0 bridgehead atoms. The molecule has 25 heavy (non-hydrogen) atoms. The van der Waals surface area contributed by atoms with E-state index in [9.17, 15) is 14.1 Å². The highest BCUT2D eigenvalue weighted by Gasteiger charge is 2.17. The minimum atomic E-state index is -0.663. The van der Waals surface area contributed by atoms with Crippen LogP contribution in [0.2, 0.25) is 0 Å². The minimum Gasteiger partial charge on any atom is -0.281 e. The van der Waals surface area contributed by atoms with Crippen molar-refractivity contribution in [2.45, 2.75) is 19.3 Å². The minimum absolute atomic E-state index is 0.0875. The first-order chi connectivity index (χ1) is 12.2. The molecular weight excluding hydrogens is 323 g/mol. The van der Waals surface area contributed by atoms with Gasteiger partial charge in [-0.2, -0.15) is 5.10 Å². The highest BCUT2D eigenvalue weighted by molar-refractivity contribution is 5.82. The van der Waals surface area contributed by atoms with Gasteiger partial charge in [-0.05, 0) is 54.8 Å². The van der Waals surface area contributed by atoms with Crippen LogP contribution in [0.4, 0.5) is 4.39 Å². The topological polar surface area (TPSA) is 88.1 Å². The number of nitrogens with zero attached hydrogens (tertiary/aromatic N) is 3. The highest BCUT2D eigenvalue weighted by Crippen LogP contribution is 2.33. The van der Waals surface area contributed by atoms with Gasteiger partial charge in [0.25, 0.3) is 5.91 Å². The third-order valence-electron chi connectivity index (χ3n) is 3.85. The molecule has 7 heteroatoms. The first-order valence-corrected chi connectivity index (χ1v) is 7.79. The van der Waals surface area contributed by atoms with Gasteiger partial charge in [-0.3, -0.25) is 14.9 Å². The van der Waals surface area contributed by atoms with Crippen LogP contribution in [0.1, 0.15) is 18.5 Å². The van der Waals surface area contributed by atoms with Crippen LogP contribution in [-0.4, -0.2) is 21.1 Å². The number of carbonyl (C=O) groups is 1. The van der Waals surface area contributed by atoms with Crippen LogP contribution >= 0.6 is 0 Å². The number of carbonyl (C=O) groups excluding carboxylic acids is 1. The standard InChI is InChI=1S/C18H15FN4O2/c19-14-6-4-13(5-7-14)18-17(12-8-10-20-11-9-12)15(21-22-18)2-1-3-16(24)23-25/h4-11H,1-3H2,(H,21,22).